The van der Waals surface area contributed by atoms with Crippen LogP contribution >= 0.6 is 0 Å². The zero-order chi connectivity index (χ0) is 18.1. The van der Waals surface area contributed by atoms with Crippen LogP contribution in [0.3, 0.4) is 0 Å². The highest BCUT2D eigenvalue weighted by molar-refractivity contribution is 5.95. The number of rotatable bonds is 9. The van der Waals surface area contributed by atoms with E-state index in [4.69, 9.17) is 9.47 Å². The fourth-order valence-corrected chi connectivity index (χ4v) is 2.23. The summed E-state index contributed by atoms with van der Waals surface area (Å²) < 4.78 is 11.0. The molecule has 25 heavy (non-hydrogen) atoms. The molecule has 134 valence electrons. The van der Waals surface area contributed by atoms with Gasteiger partial charge in [0.05, 0.1) is 25.9 Å². The summed E-state index contributed by atoms with van der Waals surface area (Å²) in [6, 6.07) is 15.0. The van der Waals surface area contributed by atoms with Gasteiger partial charge < -0.3 is 20.1 Å². The van der Waals surface area contributed by atoms with Crippen LogP contribution in [0, 0.1) is 5.92 Å². The summed E-state index contributed by atoms with van der Waals surface area (Å²) >= 11 is 0. The van der Waals surface area contributed by atoms with Gasteiger partial charge in [-0.1, -0.05) is 32.0 Å². The summed E-state index contributed by atoms with van der Waals surface area (Å²) in [7, 11) is 1.58. The standard InChI is InChI=1S/C20H26N2O3/c1-15(2)11-12-25-17-8-6-7-16(13-17)21-14-20(23)22-18-9-4-5-10-19(18)24-3/h4-10,13,15,21H,11-12,14H2,1-3H3,(H,22,23). The van der Waals surface area contributed by atoms with Gasteiger partial charge in [0.25, 0.3) is 0 Å². The highest BCUT2D eigenvalue weighted by Gasteiger charge is 2.07. The molecule has 5 heteroatoms. The predicted octanol–water partition coefficient (Wildman–Crippen LogP) is 4.17. The lowest BCUT2D eigenvalue weighted by Gasteiger charge is -2.12. The quantitative estimate of drug-likeness (QED) is 0.718. The van der Waals surface area contributed by atoms with Crippen LogP contribution in [0.25, 0.3) is 0 Å². The number of benzene rings is 2. The van der Waals surface area contributed by atoms with Crippen LogP contribution in [0.15, 0.2) is 48.5 Å². The number of methoxy groups -OCH3 is 1. The number of hydrogen-bond acceptors (Lipinski definition) is 4. The van der Waals surface area contributed by atoms with E-state index < -0.39 is 0 Å². The van der Waals surface area contributed by atoms with Crippen molar-refractivity contribution < 1.29 is 14.3 Å². The lowest BCUT2D eigenvalue weighted by molar-refractivity contribution is -0.114. The van der Waals surface area contributed by atoms with Crippen LogP contribution in [0.1, 0.15) is 20.3 Å². The number of ether oxygens (including phenoxy) is 2. The van der Waals surface area contributed by atoms with Gasteiger partial charge in [-0.2, -0.15) is 0 Å². The number of para-hydroxylation sites is 2. The second-order valence-electron chi connectivity index (χ2n) is 6.16. The largest absolute Gasteiger partial charge is 0.495 e. The third-order valence-electron chi connectivity index (χ3n) is 3.63. The van der Waals surface area contributed by atoms with Gasteiger partial charge in [-0.3, -0.25) is 4.79 Å². The Morgan fingerprint density at radius 3 is 2.68 bits per heavy atom. The number of anilines is 2. The second kappa shape index (κ2) is 9.57. The SMILES string of the molecule is COc1ccccc1NC(=O)CNc1cccc(OCCC(C)C)c1. The molecule has 0 saturated carbocycles. The Bertz CT molecular complexity index is 686. The van der Waals surface area contributed by atoms with Gasteiger partial charge in [0.1, 0.15) is 11.5 Å². The van der Waals surface area contributed by atoms with E-state index in [0.717, 1.165) is 17.9 Å². The van der Waals surface area contributed by atoms with E-state index in [2.05, 4.69) is 24.5 Å². The van der Waals surface area contributed by atoms with Crippen molar-refractivity contribution in [3.05, 3.63) is 48.5 Å². The lowest BCUT2D eigenvalue weighted by atomic mass is 10.1. The number of carbonyl (C=O) groups is 1. The molecule has 5 nitrogen and oxygen atoms in total. The van der Waals surface area contributed by atoms with E-state index in [1.54, 1.807) is 19.2 Å². The number of nitrogens with one attached hydrogen (secondary N) is 2. The molecule has 0 fully saturated rings. The summed E-state index contributed by atoms with van der Waals surface area (Å²) in [6.45, 7) is 5.19. The molecule has 2 rings (SSSR count). The molecule has 0 unspecified atom stereocenters. The van der Waals surface area contributed by atoms with Crippen molar-refractivity contribution in [1.29, 1.82) is 0 Å². The maximum atomic E-state index is 12.1. The normalized spacial score (nSPS) is 10.4. The first kappa shape index (κ1) is 18.6. The highest BCUT2D eigenvalue weighted by Crippen LogP contribution is 2.23. The molecule has 0 aliphatic heterocycles. The van der Waals surface area contributed by atoms with E-state index >= 15 is 0 Å². The first-order valence-electron chi connectivity index (χ1n) is 8.48. The van der Waals surface area contributed by atoms with Gasteiger partial charge in [0.2, 0.25) is 5.91 Å². The van der Waals surface area contributed by atoms with E-state index in [-0.39, 0.29) is 12.5 Å². The van der Waals surface area contributed by atoms with E-state index in [9.17, 15) is 4.79 Å². The van der Waals surface area contributed by atoms with E-state index in [0.29, 0.717) is 24.0 Å². The van der Waals surface area contributed by atoms with E-state index in [1.807, 2.05) is 36.4 Å². The Hall–Kier alpha value is -2.69. The third-order valence-corrected chi connectivity index (χ3v) is 3.63. The molecule has 2 aromatic rings. The van der Waals surface area contributed by atoms with Crippen molar-refractivity contribution in [2.24, 2.45) is 5.92 Å². The summed E-state index contributed by atoms with van der Waals surface area (Å²) in [6.07, 6.45) is 1.01. The summed E-state index contributed by atoms with van der Waals surface area (Å²) in [4.78, 5) is 12.1. The summed E-state index contributed by atoms with van der Waals surface area (Å²) in [5.74, 6) is 1.91. The molecule has 0 heterocycles. The van der Waals surface area contributed by atoms with Crippen LogP contribution < -0.4 is 20.1 Å². The molecule has 0 atom stereocenters. The number of carbonyl (C=O) groups excluding carboxylic acids is 1. The minimum absolute atomic E-state index is 0.143. The molecule has 0 aliphatic rings. The molecule has 0 radical (unpaired) electrons. The van der Waals surface area contributed by atoms with Crippen LogP contribution in [-0.4, -0.2) is 26.2 Å². The predicted molar refractivity (Wildman–Crippen MR) is 102 cm³/mol. The first-order valence-corrected chi connectivity index (χ1v) is 8.48. The molecular formula is C20H26N2O3. The number of amides is 1. The summed E-state index contributed by atoms with van der Waals surface area (Å²) in [5, 5.41) is 5.94. The minimum Gasteiger partial charge on any atom is -0.495 e. The van der Waals surface area contributed by atoms with Crippen molar-refractivity contribution in [1.82, 2.24) is 0 Å². The molecule has 0 aliphatic carbocycles. The molecule has 1 amide bonds. The zero-order valence-corrected chi connectivity index (χ0v) is 15.0. The Kier molecular flexibility index (Phi) is 7.14. The van der Waals surface area contributed by atoms with Crippen molar-refractivity contribution in [3.8, 4) is 11.5 Å². The maximum absolute atomic E-state index is 12.1. The number of hydrogen-bond donors (Lipinski definition) is 2. The Morgan fingerprint density at radius 1 is 1.12 bits per heavy atom. The topological polar surface area (TPSA) is 59.6 Å². The fraction of sp³-hybridized carbons (Fsp3) is 0.350. The van der Waals surface area contributed by atoms with Crippen LogP contribution in [0.4, 0.5) is 11.4 Å². The Labute approximate surface area is 149 Å². The Balaban J connectivity index is 1.85. The first-order chi connectivity index (χ1) is 12.1. The van der Waals surface area contributed by atoms with Crippen molar-refractivity contribution >= 4 is 17.3 Å². The smallest absolute Gasteiger partial charge is 0.243 e. The van der Waals surface area contributed by atoms with Crippen LogP contribution in [0.2, 0.25) is 0 Å². The van der Waals surface area contributed by atoms with Crippen molar-refractivity contribution in [2.75, 3.05) is 30.9 Å². The molecule has 0 aromatic heterocycles. The van der Waals surface area contributed by atoms with Crippen LogP contribution in [0.5, 0.6) is 11.5 Å². The molecule has 2 N–H and O–H groups in total. The van der Waals surface area contributed by atoms with Gasteiger partial charge in [0, 0.05) is 11.8 Å². The molecular weight excluding hydrogens is 316 g/mol. The summed E-state index contributed by atoms with van der Waals surface area (Å²) in [5.41, 5.74) is 1.50. The molecule has 0 saturated heterocycles. The van der Waals surface area contributed by atoms with Gasteiger partial charge in [-0.05, 0) is 36.6 Å². The van der Waals surface area contributed by atoms with Gasteiger partial charge in [-0.25, -0.2) is 0 Å². The van der Waals surface area contributed by atoms with Gasteiger partial charge in [-0.15, -0.1) is 0 Å². The monoisotopic (exact) mass is 342 g/mol. The lowest BCUT2D eigenvalue weighted by Crippen LogP contribution is -2.22. The molecule has 2 aromatic carbocycles. The molecule has 0 spiro atoms. The average molecular weight is 342 g/mol. The van der Waals surface area contributed by atoms with E-state index in [1.165, 1.54) is 0 Å². The minimum atomic E-state index is -0.143. The molecule has 0 bridgehead atoms. The van der Waals surface area contributed by atoms with Gasteiger partial charge in [0.15, 0.2) is 0 Å². The van der Waals surface area contributed by atoms with Gasteiger partial charge >= 0.3 is 0 Å². The van der Waals surface area contributed by atoms with Crippen LogP contribution in [-0.2, 0) is 4.79 Å². The zero-order valence-electron chi connectivity index (χ0n) is 15.0. The Morgan fingerprint density at radius 2 is 1.92 bits per heavy atom. The van der Waals surface area contributed by atoms with Crippen molar-refractivity contribution in [3.63, 3.8) is 0 Å². The average Bonchev–Trinajstić information content (AvgIpc) is 2.60. The highest BCUT2D eigenvalue weighted by atomic mass is 16.5. The maximum Gasteiger partial charge on any atom is 0.243 e. The fourth-order valence-electron chi connectivity index (χ4n) is 2.23. The third kappa shape index (κ3) is 6.37. The van der Waals surface area contributed by atoms with Crippen molar-refractivity contribution in [2.45, 2.75) is 20.3 Å². The second-order valence-corrected chi connectivity index (χ2v) is 6.16.